The smallest absolute Gasteiger partial charge is 0.175 e. The lowest BCUT2D eigenvalue weighted by Gasteiger charge is -2.31. The van der Waals surface area contributed by atoms with Crippen LogP contribution < -0.4 is 5.32 Å². The van der Waals surface area contributed by atoms with Crippen molar-refractivity contribution in [1.82, 2.24) is 0 Å². The Bertz CT molecular complexity index is 543. The molecule has 0 atom stereocenters. The molecule has 0 saturated heterocycles. The van der Waals surface area contributed by atoms with E-state index in [2.05, 4.69) is 19.2 Å². The van der Waals surface area contributed by atoms with Gasteiger partial charge in [-0.15, -0.1) is 0 Å². The van der Waals surface area contributed by atoms with E-state index in [1.807, 2.05) is 6.07 Å². The Hall–Kier alpha value is -1.03. The number of nitrogens with one attached hydrogen (secondary N) is 1. The molecule has 0 bridgehead atoms. The molecule has 0 unspecified atom stereocenters. The maximum atomic E-state index is 11.6. The molecule has 112 valence electrons. The lowest BCUT2D eigenvalue weighted by Crippen LogP contribution is -2.27. The second kappa shape index (κ2) is 6.17. The van der Waals surface area contributed by atoms with Crippen molar-refractivity contribution >= 4 is 15.5 Å². The van der Waals surface area contributed by atoms with Gasteiger partial charge in [-0.1, -0.05) is 19.9 Å². The Morgan fingerprint density at radius 3 is 2.35 bits per heavy atom. The van der Waals surface area contributed by atoms with Crippen molar-refractivity contribution in [3.05, 3.63) is 24.3 Å². The molecule has 3 nitrogen and oxygen atoms in total. The predicted molar refractivity (Wildman–Crippen MR) is 83.8 cm³/mol. The predicted octanol–water partition coefficient (Wildman–Crippen LogP) is 3.72. The van der Waals surface area contributed by atoms with Gasteiger partial charge in [0.2, 0.25) is 0 Å². The van der Waals surface area contributed by atoms with Crippen molar-refractivity contribution < 1.29 is 8.42 Å². The average Bonchev–Trinajstić information content (AvgIpc) is 2.38. The summed E-state index contributed by atoms with van der Waals surface area (Å²) in [6.07, 6.45) is 6.13. The quantitative estimate of drug-likeness (QED) is 0.921. The standard InChI is InChI=1S/C16H25NO2S/c1-12(2)13-7-9-14(10-8-13)17-15-5-4-6-16(11-15)20(3,18)19/h4-6,11-14,17H,7-10H2,1-3H3. The molecule has 1 aliphatic carbocycles. The zero-order valence-electron chi connectivity index (χ0n) is 12.6. The highest BCUT2D eigenvalue weighted by molar-refractivity contribution is 7.90. The monoisotopic (exact) mass is 295 g/mol. The minimum absolute atomic E-state index is 0.387. The Balaban J connectivity index is 1.98. The fraction of sp³-hybridized carbons (Fsp3) is 0.625. The molecular weight excluding hydrogens is 270 g/mol. The van der Waals surface area contributed by atoms with Crippen LogP contribution in [0.4, 0.5) is 5.69 Å². The molecule has 0 radical (unpaired) electrons. The van der Waals surface area contributed by atoms with Gasteiger partial charge < -0.3 is 5.32 Å². The number of anilines is 1. The summed E-state index contributed by atoms with van der Waals surface area (Å²) in [7, 11) is -3.13. The first-order valence-electron chi connectivity index (χ1n) is 7.43. The van der Waals surface area contributed by atoms with Crippen LogP contribution in [0.5, 0.6) is 0 Å². The summed E-state index contributed by atoms with van der Waals surface area (Å²) in [6.45, 7) is 4.60. The van der Waals surface area contributed by atoms with Gasteiger partial charge in [-0.05, 0) is 55.7 Å². The molecule has 0 aliphatic heterocycles. The van der Waals surface area contributed by atoms with E-state index in [0.29, 0.717) is 10.9 Å². The van der Waals surface area contributed by atoms with Crippen molar-refractivity contribution in [1.29, 1.82) is 0 Å². The third kappa shape index (κ3) is 3.98. The molecule has 1 fully saturated rings. The third-order valence-electron chi connectivity index (χ3n) is 4.35. The molecule has 1 saturated carbocycles. The van der Waals surface area contributed by atoms with Gasteiger partial charge in [0.25, 0.3) is 0 Å². The largest absolute Gasteiger partial charge is 0.382 e. The molecule has 1 aliphatic rings. The van der Waals surface area contributed by atoms with Gasteiger partial charge in [-0.3, -0.25) is 0 Å². The van der Waals surface area contributed by atoms with E-state index < -0.39 is 9.84 Å². The number of rotatable bonds is 4. The zero-order valence-corrected chi connectivity index (χ0v) is 13.4. The summed E-state index contributed by atoms with van der Waals surface area (Å²) in [5, 5.41) is 3.49. The summed E-state index contributed by atoms with van der Waals surface area (Å²) < 4.78 is 23.1. The van der Waals surface area contributed by atoms with Crippen LogP contribution in [0.25, 0.3) is 0 Å². The van der Waals surface area contributed by atoms with Gasteiger partial charge in [0.15, 0.2) is 9.84 Å². The summed E-state index contributed by atoms with van der Waals surface area (Å²) in [5.74, 6) is 1.61. The van der Waals surface area contributed by atoms with Crippen LogP contribution in [0.1, 0.15) is 39.5 Å². The van der Waals surface area contributed by atoms with Crippen molar-refractivity contribution in [2.75, 3.05) is 11.6 Å². The Morgan fingerprint density at radius 2 is 1.80 bits per heavy atom. The molecule has 20 heavy (non-hydrogen) atoms. The first-order chi connectivity index (χ1) is 9.36. The average molecular weight is 295 g/mol. The highest BCUT2D eigenvalue weighted by Gasteiger charge is 2.23. The Kier molecular flexibility index (Phi) is 4.74. The highest BCUT2D eigenvalue weighted by Crippen LogP contribution is 2.31. The lowest BCUT2D eigenvalue weighted by atomic mass is 9.79. The van der Waals surface area contributed by atoms with Gasteiger partial charge in [-0.2, -0.15) is 0 Å². The van der Waals surface area contributed by atoms with Crippen LogP contribution >= 0.6 is 0 Å². The molecule has 2 rings (SSSR count). The van der Waals surface area contributed by atoms with Gasteiger partial charge in [0.05, 0.1) is 4.90 Å². The zero-order chi connectivity index (χ0) is 14.8. The number of hydrogen-bond acceptors (Lipinski definition) is 3. The summed E-state index contributed by atoms with van der Waals surface area (Å²) in [6, 6.07) is 7.61. The van der Waals surface area contributed by atoms with E-state index in [4.69, 9.17) is 0 Å². The van der Waals surface area contributed by atoms with Crippen LogP contribution in [0.2, 0.25) is 0 Å². The maximum Gasteiger partial charge on any atom is 0.175 e. The molecule has 0 heterocycles. The third-order valence-corrected chi connectivity index (χ3v) is 5.46. The van der Waals surface area contributed by atoms with E-state index in [1.54, 1.807) is 18.2 Å². The molecule has 0 spiro atoms. The van der Waals surface area contributed by atoms with Crippen molar-refractivity contribution in [2.45, 2.75) is 50.5 Å². The van der Waals surface area contributed by atoms with Crippen LogP contribution in [-0.4, -0.2) is 20.7 Å². The first kappa shape index (κ1) is 15.4. The maximum absolute atomic E-state index is 11.6. The molecule has 1 aromatic rings. The molecule has 0 aromatic heterocycles. The summed E-state index contributed by atoms with van der Waals surface area (Å²) in [5.41, 5.74) is 0.918. The van der Waals surface area contributed by atoms with Crippen LogP contribution in [-0.2, 0) is 9.84 Å². The van der Waals surface area contributed by atoms with Gasteiger partial charge in [-0.25, -0.2) is 8.42 Å². The van der Waals surface area contributed by atoms with E-state index in [0.717, 1.165) is 17.5 Å². The Morgan fingerprint density at radius 1 is 1.15 bits per heavy atom. The second-order valence-electron chi connectivity index (χ2n) is 6.30. The van der Waals surface area contributed by atoms with E-state index in [9.17, 15) is 8.42 Å². The molecular formula is C16H25NO2S. The summed E-state index contributed by atoms with van der Waals surface area (Å²) in [4.78, 5) is 0.387. The van der Waals surface area contributed by atoms with Crippen molar-refractivity contribution in [3.63, 3.8) is 0 Å². The molecule has 4 heteroatoms. The van der Waals surface area contributed by atoms with Gasteiger partial charge in [0, 0.05) is 18.0 Å². The molecule has 1 aromatic carbocycles. The van der Waals surface area contributed by atoms with Gasteiger partial charge >= 0.3 is 0 Å². The highest BCUT2D eigenvalue weighted by atomic mass is 32.2. The van der Waals surface area contributed by atoms with E-state index >= 15 is 0 Å². The van der Waals surface area contributed by atoms with Gasteiger partial charge in [0.1, 0.15) is 0 Å². The minimum Gasteiger partial charge on any atom is -0.382 e. The number of sulfone groups is 1. The van der Waals surface area contributed by atoms with Crippen LogP contribution in [0.3, 0.4) is 0 Å². The summed E-state index contributed by atoms with van der Waals surface area (Å²) >= 11 is 0. The van der Waals surface area contributed by atoms with Crippen LogP contribution in [0, 0.1) is 11.8 Å². The number of hydrogen-bond donors (Lipinski definition) is 1. The normalized spacial score (nSPS) is 23.8. The number of benzene rings is 1. The Labute approximate surface area is 122 Å². The van der Waals surface area contributed by atoms with Crippen LogP contribution in [0.15, 0.2) is 29.2 Å². The minimum atomic E-state index is -3.13. The lowest BCUT2D eigenvalue weighted by molar-refractivity contribution is 0.267. The fourth-order valence-corrected chi connectivity index (χ4v) is 3.65. The topological polar surface area (TPSA) is 46.2 Å². The first-order valence-corrected chi connectivity index (χ1v) is 9.32. The van der Waals surface area contributed by atoms with E-state index in [1.165, 1.54) is 31.9 Å². The fourth-order valence-electron chi connectivity index (χ4n) is 2.98. The second-order valence-corrected chi connectivity index (χ2v) is 8.32. The van der Waals surface area contributed by atoms with Crippen molar-refractivity contribution in [2.24, 2.45) is 11.8 Å². The molecule has 1 N–H and O–H groups in total. The molecule has 0 amide bonds. The van der Waals surface area contributed by atoms with E-state index in [-0.39, 0.29) is 0 Å². The SMILES string of the molecule is CC(C)C1CCC(Nc2cccc(S(C)(=O)=O)c2)CC1. The van der Waals surface area contributed by atoms with Crippen molar-refractivity contribution in [3.8, 4) is 0 Å².